The van der Waals surface area contributed by atoms with Crippen LogP contribution >= 0.6 is 0 Å². The molecule has 0 bridgehead atoms. The molecule has 1 fully saturated rings. The van der Waals surface area contributed by atoms with Crippen molar-refractivity contribution in [3.63, 3.8) is 0 Å². The smallest absolute Gasteiger partial charge is 0.381 e. The second-order valence-corrected chi connectivity index (χ2v) is 8.50. The summed E-state index contributed by atoms with van der Waals surface area (Å²) < 4.78 is 45.2. The number of hydrogen-bond donors (Lipinski definition) is 1. The predicted octanol–water partition coefficient (Wildman–Crippen LogP) is 4.30. The molecule has 1 heterocycles. The van der Waals surface area contributed by atoms with Crippen LogP contribution in [0.3, 0.4) is 0 Å². The Morgan fingerprint density at radius 3 is 2.38 bits per heavy atom. The highest BCUT2D eigenvalue weighted by atomic mass is 19.4. The molecule has 0 aliphatic heterocycles. The number of rotatable bonds is 8. The van der Waals surface area contributed by atoms with Gasteiger partial charge in [0.2, 0.25) is 5.91 Å². The molecule has 0 saturated heterocycles. The standard InChI is InChI=1S/C23H32F3N3O3/c1-6-18-19(12-7-15(4)23(24,25)26)22(31)29(28-21(18)14(2)3)13-20(30)27-16-8-10-17(32-5)11-9-16/h6-7,12,14-17H,1,8-11,13H2,2-5H3,(H,27,30)/b12-7-. The van der Waals surface area contributed by atoms with Crippen molar-refractivity contribution in [1.82, 2.24) is 15.1 Å². The Labute approximate surface area is 186 Å². The number of carbonyl (C=O) groups excluding carboxylic acids is 1. The Morgan fingerprint density at radius 1 is 1.25 bits per heavy atom. The lowest BCUT2D eigenvalue weighted by Gasteiger charge is -2.28. The number of allylic oxidation sites excluding steroid dienone is 1. The predicted molar refractivity (Wildman–Crippen MR) is 118 cm³/mol. The molecular weight excluding hydrogens is 423 g/mol. The van der Waals surface area contributed by atoms with E-state index >= 15 is 0 Å². The van der Waals surface area contributed by atoms with Crippen LogP contribution in [-0.2, 0) is 16.1 Å². The molecule has 0 radical (unpaired) electrons. The van der Waals surface area contributed by atoms with Crippen LogP contribution in [0.4, 0.5) is 13.2 Å². The first kappa shape index (κ1) is 25.8. The molecule has 1 aromatic heterocycles. The number of nitrogens with zero attached hydrogens (tertiary/aromatic N) is 2. The average Bonchev–Trinajstić information content (AvgIpc) is 2.73. The van der Waals surface area contributed by atoms with E-state index in [9.17, 15) is 22.8 Å². The minimum atomic E-state index is -4.42. The lowest BCUT2D eigenvalue weighted by atomic mass is 9.93. The van der Waals surface area contributed by atoms with Crippen molar-refractivity contribution >= 4 is 18.1 Å². The lowest BCUT2D eigenvalue weighted by molar-refractivity contribution is -0.156. The fourth-order valence-electron chi connectivity index (χ4n) is 3.73. The zero-order valence-electron chi connectivity index (χ0n) is 19.0. The maximum atomic E-state index is 13.0. The topological polar surface area (TPSA) is 73.2 Å². The lowest BCUT2D eigenvalue weighted by Crippen LogP contribution is -2.42. The Kier molecular flexibility index (Phi) is 8.83. The van der Waals surface area contributed by atoms with E-state index in [1.165, 1.54) is 6.08 Å². The maximum absolute atomic E-state index is 13.0. The normalized spacial score (nSPS) is 20.5. The van der Waals surface area contributed by atoms with Crippen molar-refractivity contribution < 1.29 is 22.7 Å². The van der Waals surface area contributed by atoms with Crippen molar-refractivity contribution in [3.8, 4) is 0 Å². The first-order valence-electron chi connectivity index (χ1n) is 10.8. The molecule has 178 valence electrons. The van der Waals surface area contributed by atoms with Gasteiger partial charge in [0, 0.05) is 18.7 Å². The molecule has 1 saturated carbocycles. The van der Waals surface area contributed by atoms with Gasteiger partial charge >= 0.3 is 6.18 Å². The number of alkyl halides is 3. The molecule has 0 aromatic carbocycles. The van der Waals surface area contributed by atoms with Gasteiger partial charge in [-0.05, 0) is 31.6 Å². The molecule has 1 N–H and O–H groups in total. The number of nitrogens with one attached hydrogen (secondary N) is 1. The van der Waals surface area contributed by atoms with Crippen LogP contribution in [0.25, 0.3) is 12.2 Å². The summed E-state index contributed by atoms with van der Waals surface area (Å²) in [7, 11) is 1.67. The maximum Gasteiger partial charge on any atom is 0.394 e. The van der Waals surface area contributed by atoms with Crippen LogP contribution in [-0.4, -0.2) is 41.1 Å². The highest BCUT2D eigenvalue weighted by Crippen LogP contribution is 2.28. The first-order chi connectivity index (χ1) is 15.0. The molecule has 1 aromatic rings. The molecule has 9 heteroatoms. The molecule has 1 unspecified atom stereocenters. The quantitative estimate of drug-likeness (QED) is 0.635. The summed E-state index contributed by atoms with van der Waals surface area (Å²) in [6.07, 6.45) is 2.54. The first-order valence-corrected chi connectivity index (χ1v) is 10.8. The summed E-state index contributed by atoms with van der Waals surface area (Å²) in [4.78, 5) is 25.6. The number of hydrogen-bond acceptors (Lipinski definition) is 4. The van der Waals surface area contributed by atoms with E-state index in [4.69, 9.17) is 4.74 Å². The van der Waals surface area contributed by atoms with Crippen molar-refractivity contribution in [3.05, 3.63) is 39.8 Å². The molecule has 32 heavy (non-hydrogen) atoms. The molecular formula is C23H32F3N3O3. The van der Waals surface area contributed by atoms with E-state index in [1.807, 2.05) is 13.8 Å². The van der Waals surface area contributed by atoms with E-state index in [1.54, 1.807) is 7.11 Å². The summed E-state index contributed by atoms with van der Waals surface area (Å²) in [5.74, 6) is -2.22. The highest BCUT2D eigenvalue weighted by Gasteiger charge is 2.34. The van der Waals surface area contributed by atoms with Gasteiger partial charge in [-0.15, -0.1) is 0 Å². The van der Waals surface area contributed by atoms with Gasteiger partial charge in [0.05, 0.1) is 23.3 Å². The Bertz CT molecular complexity index is 898. The Balaban J connectivity index is 2.31. The Hall–Kier alpha value is -2.42. The van der Waals surface area contributed by atoms with Gasteiger partial charge in [-0.2, -0.15) is 18.3 Å². The zero-order chi connectivity index (χ0) is 24.1. The molecule has 0 spiro atoms. The van der Waals surface area contributed by atoms with E-state index in [2.05, 4.69) is 17.0 Å². The SMILES string of the molecule is C=Cc1c(C(C)C)nn(CC(=O)NC2CCC(OC)CC2)c(=O)c1/C=C\C(C)C(F)(F)F. The number of methoxy groups -OCH3 is 1. The van der Waals surface area contributed by atoms with Crippen LogP contribution in [0.5, 0.6) is 0 Å². The van der Waals surface area contributed by atoms with Gasteiger partial charge in [-0.25, -0.2) is 4.68 Å². The van der Waals surface area contributed by atoms with Gasteiger partial charge in [0.15, 0.2) is 0 Å². The average molecular weight is 456 g/mol. The van der Waals surface area contributed by atoms with E-state index in [0.29, 0.717) is 11.3 Å². The van der Waals surface area contributed by atoms with E-state index < -0.39 is 17.7 Å². The molecule has 1 aliphatic carbocycles. The zero-order valence-corrected chi connectivity index (χ0v) is 19.0. The number of halogens is 3. The fourth-order valence-corrected chi connectivity index (χ4v) is 3.73. The summed E-state index contributed by atoms with van der Waals surface area (Å²) >= 11 is 0. The van der Waals surface area contributed by atoms with Crippen molar-refractivity contribution in [1.29, 1.82) is 0 Å². The molecule has 1 amide bonds. The number of aromatic nitrogens is 2. The van der Waals surface area contributed by atoms with Crippen LogP contribution in [0.1, 0.15) is 69.2 Å². The number of amides is 1. The summed E-state index contributed by atoms with van der Waals surface area (Å²) in [5, 5.41) is 7.26. The summed E-state index contributed by atoms with van der Waals surface area (Å²) in [5.41, 5.74) is 0.286. The summed E-state index contributed by atoms with van der Waals surface area (Å²) in [6.45, 7) is 8.11. The van der Waals surface area contributed by atoms with Gasteiger partial charge in [-0.1, -0.05) is 45.6 Å². The third-order valence-corrected chi connectivity index (χ3v) is 5.74. The summed E-state index contributed by atoms with van der Waals surface area (Å²) in [6, 6.07) is -0.00591. The van der Waals surface area contributed by atoms with Gasteiger partial charge in [0.25, 0.3) is 5.56 Å². The largest absolute Gasteiger partial charge is 0.394 e. The van der Waals surface area contributed by atoms with E-state index in [0.717, 1.165) is 49.4 Å². The van der Waals surface area contributed by atoms with Gasteiger partial charge in [0.1, 0.15) is 6.54 Å². The third-order valence-electron chi connectivity index (χ3n) is 5.74. The molecule has 2 rings (SSSR count). The van der Waals surface area contributed by atoms with Crippen molar-refractivity contribution in [2.75, 3.05) is 7.11 Å². The minimum Gasteiger partial charge on any atom is -0.381 e. The molecule has 1 atom stereocenters. The van der Waals surface area contributed by atoms with Crippen molar-refractivity contribution in [2.24, 2.45) is 5.92 Å². The van der Waals surface area contributed by atoms with Gasteiger partial charge < -0.3 is 10.1 Å². The Morgan fingerprint density at radius 2 is 1.88 bits per heavy atom. The molecule has 6 nitrogen and oxygen atoms in total. The van der Waals surface area contributed by atoms with Crippen LogP contribution < -0.4 is 10.9 Å². The number of ether oxygens (including phenoxy) is 1. The van der Waals surface area contributed by atoms with Crippen LogP contribution in [0, 0.1) is 5.92 Å². The second kappa shape index (κ2) is 10.9. The van der Waals surface area contributed by atoms with E-state index in [-0.39, 0.29) is 36.1 Å². The van der Waals surface area contributed by atoms with Crippen molar-refractivity contribution in [2.45, 2.75) is 77.2 Å². The highest BCUT2D eigenvalue weighted by molar-refractivity contribution is 5.76. The van der Waals surface area contributed by atoms with Gasteiger partial charge in [-0.3, -0.25) is 9.59 Å². The number of carbonyl (C=O) groups is 1. The van der Waals surface area contributed by atoms with Crippen LogP contribution in [0.2, 0.25) is 0 Å². The monoisotopic (exact) mass is 455 g/mol. The fraction of sp³-hybridized carbons (Fsp3) is 0.609. The van der Waals surface area contributed by atoms with Crippen LogP contribution in [0.15, 0.2) is 17.4 Å². The third kappa shape index (κ3) is 6.54. The second-order valence-electron chi connectivity index (χ2n) is 8.50. The molecule has 1 aliphatic rings. The minimum absolute atomic E-state index is 0.00591.